The zero-order valence-electron chi connectivity index (χ0n) is 23.6. The van der Waals surface area contributed by atoms with E-state index in [2.05, 4.69) is 0 Å². The summed E-state index contributed by atoms with van der Waals surface area (Å²) in [5.41, 5.74) is -0.0273. The van der Waals surface area contributed by atoms with Crippen LogP contribution >= 0.6 is 0 Å². The van der Waals surface area contributed by atoms with Crippen LogP contribution in [0.2, 0.25) is 0 Å². The minimum absolute atomic E-state index is 0.116. The fourth-order valence-electron chi connectivity index (χ4n) is 4.65. The van der Waals surface area contributed by atoms with Gasteiger partial charge in [-0.2, -0.15) is 0 Å². The molecule has 0 fully saturated rings. The van der Waals surface area contributed by atoms with E-state index < -0.39 is 34.6 Å². The van der Waals surface area contributed by atoms with Crippen molar-refractivity contribution >= 4 is 23.4 Å². The van der Waals surface area contributed by atoms with Crippen molar-refractivity contribution in [3.8, 4) is 40.2 Å². The molecule has 4 aromatic rings. The molecule has 4 aromatic carbocycles. The lowest BCUT2D eigenvalue weighted by Gasteiger charge is -2.22. The molecule has 0 aromatic heterocycles. The molecule has 0 radical (unpaired) electrons. The molecule has 1 aliphatic rings. The number of phenolic OH excluding ortho intramolecular Hbond substituents is 5. The number of ketones is 3. The van der Waals surface area contributed by atoms with Crippen molar-refractivity contribution < 1.29 is 49.4 Å². The summed E-state index contributed by atoms with van der Waals surface area (Å²) in [6.45, 7) is 2.93. The largest absolute Gasteiger partial charge is 0.507 e. The number of ether oxygens (including phenoxy) is 2. The Morgan fingerprint density at radius 3 is 1.65 bits per heavy atom. The summed E-state index contributed by atoms with van der Waals surface area (Å²) in [4.78, 5) is 37.4. The second-order valence-corrected chi connectivity index (χ2v) is 9.61. The number of hydrogen-bond donors (Lipinski definition) is 5. The Kier molecular flexibility index (Phi) is 8.42. The number of fused-ring (bicyclic) bond motifs is 2. The van der Waals surface area contributed by atoms with Crippen LogP contribution in [0.4, 0.5) is 0 Å². The molecular weight excluding hydrogens is 556 g/mol. The van der Waals surface area contributed by atoms with Crippen LogP contribution in [0.1, 0.15) is 58.9 Å². The molecule has 5 N–H and O–H groups in total. The van der Waals surface area contributed by atoms with Crippen LogP contribution in [-0.4, -0.2) is 57.1 Å². The lowest BCUT2D eigenvalue weighted by molar-refractivity contribution is 0.0969. The van der Waals surface area contributed by atoms with E-state index in [1.165, 1.54) is 40.2 Å². The topological polar surface area (TPSA) is 171 Å². The van der Waals surface area contributed by atoms with Gasteiger partial charge in [-0.3, -0.25) is 14.4 Å². The van der Waals surface area contributed by atoms with Gasteiger partial charge in [0.25, 0.3) is 0 Å². The SMILES string of the molecule is COc1cc(O)c(C(=O)C=Cc2ccccc2)c(OC)c1.Cc1cc(O)c2c(c1O)C(=O)c1c(O)cc(C)c(O)c1C2=O. The normalized spacial score (nSPS) is 11.8. The number of methoxy groups -OCH3 is 2. The number of allylic oxidation sites excluding steroid dienone is 1. The van der Waals surface area contributed by atoms with Gasteiger partial charge < -0.3 is 35.0 Å². The highest BCUT2D eigenvalue weighted by molar-refractivity contribution is 6.32. The molecule has 0 heterocycles. The maximum Gasteiger partial charge on any atom is 0.202 e. The molecule has 220 valence electrons. The molecule has 0 atom stereocenters. The van der Waals surface area contributed by atoms with Crippen molar-refractivity contribution in [3.63, 3.8) is 0 Å². The molecule has 0 saturated heterocycles. The quantitative estimate of drug-likeness (QED) is 0.105. The van der Waals surface area contributed by atoms with E-state index in [1.54, 1.807) is 12.1 Å². The Hall–Kier alpha value is -5.77. The van der Waals surface area contributed by atoms with Gasteiger partial charge >= 0.3 is 0 Å². The maximum atomic E-state index is 12.6. The highest BCUT2D eigenvalue weighted by atomic mass is 16.5. The van der Waals surface area contributed by atoms with E-state index in [1.807, 2.05) is 30.3 Å². The monoisotopic (exact) mass is 584 g/mol. The summed E-state index contributed by atoms with van der Waals surface area (Å²) in [6.07, 6.45) is 3.09. The molecule has 5 rings (SSSR count). The summed E-state index contributed by atoms with van der Waals surface area (Å²) >= 11 is 0. The number of carbonyl (C=O) groups is 3. The number of phenols is 5. The predicted octanol–water partition coefficient (Wildman–Crippen LogP) is 5.21. The molecule has 43 heavy (non-hydrogen) atoms. The molecule has 0 amide bonds. The first-order chi connectivity index (χ1) is 20.4. The Morgan fingerprint density at radius 2 is 1.19 bits per heavy atom. The molecule has 0 saturated carbocycles. The molecule has 10 nitrogen and oxygen atoms in total. The number of benzene rings is 4. The van der Waals surface area contributed by atoms with E-state index in [4.69, 9.17) is 9.47 Å². The van der Waals surface area contributed by atoms with Crippen molar-refractivity contribution in [2.45, 2.75) is 13.8 Å². The minimum atomic E-state index is -0.825. The third-order valence-electron chi connectivity index (χ3n) is 6.83. The molecule has 0 unspecified atom stereocenters. The van der Waals surface area contributed by atoms with E-state index in [-0.39, 0.29) is 56.2 Å². The number of hydrogen-bond acceptors (Lipinski definition) is 10. The molecule has 0 bridgehead atoms. The Balaban J connectivity index is 0.000000197. The first-order valence-corrected chi connectivity index (χ1v) is 12.8. The molecular formula is C33H28O10. The number of rotatable bonds is 5. The van der Waals surface area contributed by atoms with Crippen LogP contribution in [-0.2, 0) is 0 Å². The average Bonchev–Trinajstić information content (AvgIpc) is 2.98. The van der Waals surface area contributed by atoms with Gasteiger partial charge in [-0.05, 0) is 48.7 Å². The Bertz CT molecular complexity index is 1730. The standard InChI is InChI=1S/C17H16O4.C16H12O6/c1-20-13-10-15(19)17(16(11-13)21-2)14(18)9-8-12-6-4-3-5-7-12;1-5-3-7(17)9-11(13(5)19)15(21)10-8(18)4-6(2)14(20)12(10)16(9)22/h3-11,19H,1-2H3;3-4,17-20H,1-2H3. The van der Waals surface area contributed by atoms with Gasteiger partial charge in [0.15, 0.2) is 5.78 Å². The fraction of sp³-hybridized carbons (Fsp3) is 0.121. The van der Waals surface area contributed by atoms with Crippen molar-refractivity contribution in [2.75, 3.05) is 14.2 Å². The lowest BCUT2D eigenvalue weighted by Crippen LogP contribution is -2.22. The first-order valence-electron chi connectivity index (χ1n) is 12.8. The van der Waals surface area contributed by atoms with Crippen LogP contribution in [0.3, 0.4) is 0 Å². The van der Waals surface area contributed by atoms with Crippen molar-refractivity contribution in [3.05, 3.63) is 105 Å². The third kappa shape index (κ3) is 5.58. The highest BCUT2D eigenvalue weighted by Crippen LogP contribution is 2.45. The molecule has 0 aliphatic heterocycles. The third-order valence-corrected chi connectivity index (χ3v) is 6.83. The second kappa shape index (κ2) is 12.0. The zero-order valence-corrected chi connectivity index (χ0v) is 23.6. The van der Waals surface area contributed by atoms with Crippen molar-refractivity contribution in [1.29, 1.82) is 0 Å². The van der Waals surface area contributed by atoms with Crippen LogP contribution in [0.5, 0.6) is 40.2 Å². The van der Waals surface area contributed by atoms with E-state index in [0.29, 0.717) is 5.75 Å². The van der Waals surface area contributed by atoms with Crippen molar-refractivity contribution in [2.24, 2.45) is 0 Å². The summed E-state index contributed by atoms with van der Waals surface area (Å²) < 4.78 is 10.2. The summed E-state index contributed by atoms with van der Waals surface area (Å²) in [5.74, 6) is -3.26. The highest BCUT2D eigenvalue weighted by Gasteiger charge is 2.39. The van der Waals surface area contributed by atoms with E-state index >= 15 is 0 Å². The van der Waals surface area contributed by atoms with Gasteiger partial charge in [0.05, 0.1) is 36.5 Å². The maximum absolute atomic E-state index is 12.6. The Labute approximate surface area is 246 Å². The molecule has 1 aliphatic carbocycles. The van der Waals surface area contributed by atoms with E-state index in [0.717, 1.165) is 17.7 Å². The fourth-order valence-corrected chi connectivity index (χ4v) is 4.65. The van der Waals surface area contributed by atoms with Crippen LogP contribution in [0.15, 0.2) is 60.7 Å². The van der Waals surface area contributed by atoms with Gasteiger partial charge in [0.2, 0.25) is 11.6 Å². The van der Waals surface area contributed by atoms with Crippen LogP contribution in [0, 0.1) is 13.8 Å². The number of aryl methyl sites for hydroxylation is 2. The zero-order chi connectivity index (χ0) is 31.6. The number of carbonyl (C=O) groups excluding carboxylic acids is 3. The van der Waals surface area contributed by atoms with Gasteiger partial charge in [-0.15, -0.1) is 0 Å². The Morgan fingerprint density at radius 1 is 0.674 bits per heavy atom. The van der Waals surface area contributed by atoms with Crippen LogP contribution < -0.4 is 9.47 Å². The summed E-state index contributed by atoms with van der Waals surface area (Å²) in [7, 11) is 2.91. The molecule has 0 spiro atoms. The van der Waals surface area contributed by atoms with Gasteiger partial charge in [-0.1, -0.05) is 36.4 Å². The minimum Gasteiger partial charge on any atom is -0.507 e. The predicted molar refractivity (Wildman–Crippen MR) is 157 cm³/mol. The summed E-state index contributed by atoms with van der Waals surface area (Å²) in [6, 6.07) is 14.7. The first kappa shape index (κ1) is 30.2. The lowest BCUT2D eigenvalue weighted by atomic mass is 9.80. The van der Waals surface area contributed by atoms with E-state index in [9.17, 15) is 39.9 Å². The smallest absolute Gasteiger partial charge is 0.202 e. The molecule has 10 heteroatoms. The van der Waals surface area contributed by atoms with Crippen molar-refractivity contribution in [1.82, 2.24) is 0 Å². The summed E-state index contributed by atoms with van der Waals surface area (Å²) in [5, 5.41) is 50.1. The van der Waals surface area contributed by atoms with Gasteiger partial charge in [0, 0.05) is 12.1 Å². The average molecular weight is 585 g/mol. The van der Waals surface area contributed by atoms with Gasteiger partial charge in [-0.25, -0.2) is 0 Å². The second-order valence-electron chi connectivity index (χ2n) is 9.61. The van der Waals surface area contributed by atoms with Gasteiger partial charge in [0.1, 0.15) is 45.8 Å². The van der Waals surface area contributed by atoms with Crippen LogP contribution in [0.25, 0.3) is 6.08 Å². The number of aromatic hydroxyl groups is 5.